The van der Waals surface area contributed by atoms with Crippen molar-refractivity contribution in [3.8, 4) is 5.75 Å². The fourth-order valence-electron chi connectivity index (χ4n) is 4.50. The van der Waals surface area contributed by atoms with E-state index in [1.54, 1.807) is 0 Å². The van der Waals surface area contributed by atoms with Crippen molar-refractivity contribution in [2.75, 3.05) is 19.6 Å². The Balaban J connectivity index is 1.24. The normalized spacial score (nSPS) is 18.4. The number of carbonyl (C=O) groups excluding carboxylic acids is 1. The standard InChI is InChI=1S/C23H30N4O4/c1-23(2)12-16-4-3-5-17(21(16)31-23)14-27-8-6-15(7-9-27)13-24-19(28)10-18-11-20(29)26-22(30)25-18/h3-5,11,15H,6-10,12-14H2,1-2H3,(H,24,28)(H2,25,26,29,30). The third-order valence-electron chi connectivity index (χ3n) is 6.03. The lowest BCUT2D eigenvalue weighted by atomic mass is 9.96. The number of aromatic nitrogens is 2. The molecule has 1 saturated heterocycles. The molecule has 0 spiro atoms. The molecule has 8 nitrogen and oxygen atoms in total. The Labute approximate surface area is 181 Å². The van der Waals surface area contributed by atoms with E-state index in [-0.39, 0.29) is 17.9 Å². The van der Waals surface area contributed by atoms with Gasteiger partial charge in [0.05, 0.1) is 6.42 Å². The first kappa shape index (κ1) is 21.4. The molecule has 1 aromatic heterocycles. The molecule has 0 unspecified atom stereocenters. The Morgan fingerprint density at radius 2 is 2.00 bits per heavy atom. The molecule has 0 radical (unpaired) electrons. The van der Waals surface area contributed by atoms with Crippen LogP contribution in [0.4, 0.5) is 0 Å². The third kappa shape index (κ3) is 5.44. The van der Waals surface area contributed by atoms with Gasteiger partial charge in [0, 0.05) is 36.8 Å². The zero-order valence-electron chi connectivity index (χ0n) is 18.1. The number of aromatic amines is 2. The van der Waals surface area contributed by atoms with E-state index in [4.69, 9.17) is 4.74 Å². The first-order valence-corrected chi connectivity index (χ1v) is 10.9. The maximum absolute atomic E-state index is 12.2. The summed E-state index contributed by atoms with van der Waals surface area (Å²) in [5, 5.41) is 2.94. The highest BCUT2D eigenvalue weighted by Crippen LogP contribution is 2.38. The number of likely N-dealkylation sites (tertiary alicyclic amines) is 1. The molecule has 0 aliphatic carbocycles. The van der Waals surface area contributed by atoms with Crippen molar-refractivity contribution in [1.29, 1.82) is 0 Å². The van der Waals surface area contributed by atoms with Crippen LogP contribution in [0, 0.1) is 5.92 Å². The average molecular weight is 427 g/mol. The number of amides is 1. The number of H-pyrrole nitrogens is 2. The minimum atomic E-state index is -0.597. The Hall–Kier alpha value is -2.87. The van der Waals surface area contributed by atoms with Crippen LogP contribution in [0.25, 0.3) is 0 Å². The van der Waals surface area contributed by atoms with Crippen LogP contribution in [0.5, 0.6) is 5.75 Å². The Kier molecular flexibility index (Phi) is 6.00. The zero-order valence-corrected chi connectivity index (χ0v) is 18.1. The molecule has 1 amide bonds. The van der Waals surface area contributed by atoms with Crippen LogP contribution in [0.15, 0.2) is 33.9 Å². The molecule has 0 atom stereocenters. The van der Waals surface area contributed by atoms with E-state index in [0.717, 1.165) is 44.6 Å². The number of benzene rings is 1. The lowest BCUT2D eigenvalue weighted by molar-refractivity contribution is -0.120. The van der Waals surface area contributed by atoms with Crippen molar-refractivity contribution in [1.82, 2.24) is 20.2 Å². The molecule has 3 heterocycles. The number of carbonyl (C=O) groups is 1. The molecular formula is C23H30N4O4. The van der Waals surface area contributed by atoms with Crippen molar-refractivity contribution < 1.29 is 9.53 Å². The van der Waals surface area contributed by atoms with Crippen molar-refractivity contribution in [2.24, 2.45) is 5.92 Å². The Morgan fingerprint density at radius 3 is 2.74 bits per heavy atom. The van der Waals surface area contributed by atoms with Crippen molar-refractivity contribution in [2.45, 2.75) is 51.7 Å². The summed E-state index contributed by atoms with van der Waals surface area (Å²) in [5.74, 6) is 1.29. The van der Waals surface area contributed by atoms with Gasteiger partial charge in [-0.3, -0.25) is 19.5 Å². The van der Waals surface area contributed by atoms with Gasteiger partial charge in [-0.15, -0.1) is 0 Å². The van der Waals surface area contributed by atoms with E-state index in [1.165, 1.54) is 17.2 Å². The average Bonchev–Trinajstić information content (AvgIpc) is 3.01. The third-order valence-corrected chi connectivity index (χ3v) is 6.03. The number of hydrogen-bond acceptors (Lipinski definition) is 5. The molecule has 8 heteroatoms. The van der Waals surface area contributed by atoms with E-state index in [9.17, 15) is 14.4 Å². The zero-order chi connectivity index (χ0) is 22.0. The highest BCUT2D eigenvalue weighted by molar-refractivity contribution is 5.78. The van der Waals surface area contributed by atoms with Crippen LogP contribution in [0.3, 0.4) is 0 Å². The number of nitrogens with one attached hydrogen (secondary N) is 3. The number of hydrogen-bond donors (Lipinski definition) is 3. The molecule has 2 aliphatic rings. The van der Waals surface area contributed by atoms with Gasteiger partial charge in [0.1, 0.15) is 11.4 Å². The highest BCUT2D eigenvalue weighted by Gasteiger charge is 2.32. The lowest BCUT2D eigenvalue weighted by Crippen LogP contribution is -2.39. The summed E-state index contributed by atoms with van der Waals surface area (Å²) in [6.45, 7) is 7.71. The van der Waals surface area contributed by atoms with Gasteiger partial charge in [-0.25, -0.2) is 4.79 Å². The van der Waals surface area contributed by atoms with E-state index < -0.39 is 11.2 Å². The topological polar surface area (TPSA) is 107 Å². The van der Waals surface area contributed by atoms with Crippen LogP contribution in [0.2, 0.25) is 0 Å². The van der Waals surface area contributed by atoms with Crippen LogP contribution in [-0.4, -0.2) is 46.0 Å². The minimum absolute atomic E-state index is 0.00648. The first-order chi connectivity index (χ1) is 14.8. The van der Waals surface area contributed by atoms with Crippen molar-refractivity contribution >= 4 is 5.91 Å². The summed E-state index contributed by atoms with van der Waals surface area (Å²) in [6.07, 6.45) is 2.98. The molecule has 2 aliphatic heterocycles. The Morgan fingerprint density at radius 1 is 1.23 bits per heavy atom. The van der Waals surface area contributed by atoms with Gasteiger partial charge in [-0.2, -0.15) is 0 Å². The second-order valence-corrected chi connectivity index (χ2v) is 9.26. The van der Waals surface area contributed by atoms with Crippen molar-refractivity contribution in [3.05, 3.63) is 61.9 Å². The largest absolute Gasteiger partial charge is 0.487 e. The minimum Gasteiger partial charge on any atom is -0.487 e. The van der Waals surface area contributed by atoms with Crippen LogP contribution < -0.4 is 21.3 Å². The predicted octanol–water partition coefficient (Wildman–Crippen LogP) is 1.35. The lowest BCUT2D eigenvalue weighted by Gasteiger charge is -2.32. The van der Waals surface area contributed by atoms with Crippen LogP contribution in [-0.2, 0) is 24.2 Å². The fraction of sp³-hybridized carbons (Fsp3) is 0.522. The summed E-state index contributed by atoms with van der Waals surface area (Å²) >= 11 is 0. The van der Waals surface area contributed by atoms with Gasteiger partial charge >= 0.3 is 5.69 Å². The monoisotopic (exact) mass is 426 g/mol. The summed E-state index contributed by atoms with van der Waals surface area (Å²) in [7, 11) is 0. The molecule has 3 N–H and O–H groups in total. The van der Waals surface area contributed by atoms with Gasteiger partial charge in [0.25, 0.3) is 5.56 Å². The molecule has 2 aromatic rings. The SMILES string of the molecule is CC1(C)Cc2cccc(CN3CCC(CNC(=O)Cc4cc(=O)[nH]c(=O)[nH]4)CC3)c2O1. The molecular weight excluding hydrogens is 396 g/mol. The first-order valence-electron chi connectivity index (χ1n) is 10.9. The fourth-order valence-corrected chi connectivity index (χ4v) is 4.50. The maximum atomic E-state index is 12.2. The smallest absolute Gasteiger partial charge is 0.325 e. The van der Waals surface area contributed by atoms with E-state index in [0.29, 0.717) is 18.2 Å². The number of rotatable bonds is 6. The number of piperidine rings is 1. The predicted molar refractivity (Wildman–Crippen MR) is 117 cm³/mol. The quantitative estimate of drug-likeness (QED) is 0.646. The number of fused-ring (bicyclic) bond motifs is 1. The number of para-hydroxylation sites is 1. The second kappa shape index (κ2) is 8.70. The van der Waals surface area contributed by atoms with Gasteiger partial charge < -0.3 is 15.0 Å². The molecule has 1 aromatic carbocycles. The summed E-state index contributed by atoms with van der Waals surface area (Å²) in [6, 6.07) is 7.68. The van der Waals surface area contributed by atoms with Crippen LogP contribution in [0.1, 0.15) is 43.5 Å². The summed E-state index contributed by atoms with van der Waals surface area (Å²) in [5.41, 5.74) is 1.63. The van der Waals surface area contributed by atoms with Gasteiger partial charge in [-0.1, -0.05) is 18.2 Å². The molecule has 1 fully saturated rings. The maximum Gasteiger partial charge on any atom is 0.325 e. The van der Waals surface area contributed by atoms with Gasteiger partial charge in [0.2, 0.25) is 5.91 Å². The van der Waals surface area contributed by atoms with Crippen LogP contribution >= 0.6 is 0 Å². The number of nitrogens with zero attached hydrogens (tertiary/aromatic N) is 1. The second-order valence-electron chi connectivity index (χ2n) is 9.26. The van der Waals surface area contributed by atoms with E-state index >= 15 is 0 Å². The van der Waals surface area contributed by atoms with Gasteiger partial charge in [0.15, 0.2) is 0 Å². The van der Waals surface area contributed by atoms with E-state index in [1.807, 2.05) is 0 Å². The molecule has 166 valence electrons. The molecule has 0 saturated carbocycles. The molecule has 31 heavy (non-hydrogen) atoms. The van der Waals surface area contributed by atoms with E-state index in [2.05, 4.69) is 52.2 Å². The highest BCUT2D eigenvalue weighted by atomic mass is 16.5. The molecule has 4 rings (SSSR count). The van der Waals surface area contributed by atoms with Gasteiger partial charge in [-0.05, 0) is 51.3 Å². The Bertz CT molecular complexity index is 1040. The van der Waals surface area contributed by atoms with Crippen molar-refractivity contribution in [3.63, 3.8) is 0 Å². The summed E-state index contributed by atoms with van der Waals surface area (Å²) in [4.78, 5) is 41.8. The molecule has 0 bridgehead atoms. The number of ether oxygens (including phenoxy) is 1. The summed E-state index contributed by atoms with van der Waals surface area (Å²) < 4.78 is 6.20.